The van der Waals surface area contributed by atoms with Crippen molar-refractivity contribution in [1.29, 1.82) is 0 Å². The van der Waals surface area contributed by atoms with Gasteiger partial charge < -0.3 is 14.9 Å². The molecule has 1 saturated heterocycles. The molecule has 0 aromatic rings. The molecule has 2 saturated carbocycles. The van der Waals surface area contributed by atoms with Gasteiger partial charge in [-0.1, -0.05) is 20.4 Å². The van der Waals surface area contributed by atoms with Crippen molar-refractivity contribution in [2.45, 2.75) is 57.3 Å². The van der Waals surface area contributed by atoms with Crippen LogP contribution in [0.2, 0.25) is 0 Å². The quantitative estimate of drug-likeness (QED) is 0.514. The van der Waals surface area contributed by atoms with E-state index in [1.54, 1.807) is 0 Å². The van der Waals surface area contributed by atoms with Crippen LogP contribution in [0.3, 0.4) is 0 Å². The van der Waals surface area contributed by atoms with E-state index in [0.717, 1.165) is 6.42 Å². The van der Waals surface area contributed by atoms with E-state index in [4.69, 9.17) is 4.74 Å². The highest BCUT2D eigenvalue weighted by atomic mass is 16.6. The number of carbonyl (C=O) groups is 1. The monoisotopic (exact) mass is 266 g/mol. The number of aliphatic hydroxyl groups is 2. The SMILES string of the molecule is C=C1C(=O)O[C@@H]2C[C@]3(C)C(O)CCC(C)C3(O)C[C@H]12. The number of carbonyl (C=O) groups excluding carboxylic acids is 1. The largest absolute Gasteiger partial charge is 0.458 e. The summed E-state index contributed by atoms with van der Waals surface area (Å²) in [5.74, 6) is -0.327. The molecule has 3 fully saturated rings. The summed E-state index contributed by atoms with van der Waals surface area (Å²) in [4.78, 5) is 11.7. The van der Waals surface area contributed by atoms with Crippen LogP contribution in [-0.2, 0) is 9.53 Å². The summed E-state index contributed by atoms with van der Waals surface area (Å²) >= 11 is 0. The van der Waals surface area contributed by atoms with Crippen LogP contribution in [-0.4, -0.2) is 34.0 Å². The molecule has 106 valence electrons. The van der Waals surface area contributed by atoms with Crippen LogP contribution in [0.4, 0.5) is 0 Å². The van der Waals surface area contributed by atoms with Crippen molar-refractivity contribution in [2.75, 3.05) is 0 Å². The van der Waals surface area contributed by atoms with Crippen molar-refractivity contribution in [3.05, 3.63) is 12.2 Å². The van der Waals surface area contributed by atoms with E-state index in [9.17, 15) is 15.0 Å². The van der Waals surface area contributed by atoms with Gasteiger partial charge >= 0.3 is 5.97 Å². The molecular formula is C15H22O4. The second kappa shape index (κ2) is 3.83. The molecule has 4 nitrogen and oxygen atoms in total. The Morgan fingerprint density at radius 3 is 2.74 bits per heavy atom. The Bertz CT molecular complexity index is 445. The summed E-state index contributed by atoms with van der Waals surface area (Å²) in [6.45, 7) is 7.77. The molecule has 6 atom stereocenters. The van der Waals surface area contributed by atoms with Gasteiger partial charge in [0.2, 0.25) is 0 Å². The second-order valence-corrected chi connectivity index (χ2v) is 6.82. The standard InChI is InChI=1S/C15H22O4/c1-8-4-5-12(16)14(3)7-11-10(6-15(8,14)18)9(2)13(17)19-11/h8,10-12,16,18H,2,4-7H2,1,3H3/t8?,10-,11-,12?,14-,15?/m1/s1. The molecule has 3 unspecified atom stereocenters. The van der Waals surface area contributed by atoms with Gasteiger partial charge in [0.1, 0.15) is 6.10 Å². The molecule has 3 aliphatic rings. The van der Waals surface area contributed by atoms with Crippen LogP contribution >= 0.6 is 0 Å². The van der Waals surface area contributed by atoms with Crippen molar-refractivity contribution in [3.8, 4) is 0 Å². The molecular weight excluding hydrogens is 244 g/mol. The molecule has 0 amide bonds. The second-order valence-electron chi connectivity index (χ2n) is 6.82. The minimum atomic E-state index is -0.942. The minimum Gasteiger partial charge on any atom is -0.458 e. The Morgan fingerprint density at radius 1 is 1.37 bits per heavy atom. The van der Waals surface area contributed by atoms with E-state index in [0.29, 0.717) is 24.8 Å². The zero-order valence-corrected chi connectivity index (χ0v) is 11.6. The van der Waals surface area contributed by atoms with Gasteiger partial charge in [-0.05, 0) is 31.6 Å². The van der Waals surface area contributed by atoms with Gasteiger partial charge in [-0.2, -0.15) is 0 Å². The molecule has 0 aromatic carbocycles. The van der Waals surface area contributed by atoms with Crippen molar-refractivity contribution < 1.29 is 19.7 Å². The van der Waals surface area contributed by atoms with Crippen LogP contribution < -0.4 is 0 Å². The van der Waals surface area contributed by atoms with Gasteiger partial charge in [0.15, 0.2) is 0 Å². The van der Waals surface area contributed by atoms with Crippen LogP contribution in [0.25, 0.3) is 0 Å². The Morgan fingerprint density at radius 2 is 2.05 bits per heavy atom. The summed E-state index contributed by atoms with van der Waals surface area (Å²) in [5, 5.41) is 21.5. The first-order valence-electron chi connectivity index (χ1n) is 7.10. The van der Waals surface area contributed by atoms with Crippen molar-refractivity contribution in [1.82, 2.24) is 0 Å². The van der Waals surface area contributed by atoms with Crippen molar-refractivity contribution in [2.24, 2.45) is 17.3 Å². The van der Waals surface area contributed by atoms with E-state index in [1.165, 1.54) is 0 Å². The van der Waals surface area contributed by atoms with E-state index < -0.39 is 17.1 Å². The van der Waals surface area contributed by atoms with Gasteiger partial charge in [-0.3, -0.25) is 0 Å². The first-order chi connectivity index (χ1) is 8.79. The van der Waals surface area contributed by atoms with Crippen molar-refractivity contribution >= 4 is 5.97 Å². The molecule has 3 rings (SSSR count). The smallest absolute Gasteiger partial charge is 0.334 e. The highest BCUT2D eigenvalue weighted by Crippen LogP contribution is 2.59. The molecule has 0 spiro atoms. The first kappa shape index (κ1) is 13.1. The fraction of sp³-hybridized carbons (Fsp3) is 0.800. The van der Waals surface area contributed by atoms with E-state index in [-0.39, 0.29) is 23.9 Å². The predicted octanol–water partition coefficient (Wildman–Crippen LogP) is 1.41. The number of rotatable bonds is 0. The van der Waals surface area contributed by atoms with Gasteiger partial charge in [0.05, 0.1) is 11.7 Å². The highest BCUT2D eigenvalue weighted by molar-refractivity contribution is 5.90. The number of hydrogen-bond donors (Lipinski definition) is 2. The summed E-state index contributed by atoms with van der Waals surface area (Å²) in [6.07, 6.45) is 1.73. The fourth-order valence-corrected chi connectivity index (χ4v) is 4.43. The molecule has 0 radical (unpaired) electrons. The lowest BCUT2D eigenvalue weighted by atomic mass is 9.50. The molecule has 0 bridgehead atoms. The van der Waals surface area contributed by atoms with Crippen molar-refractivity contribution in [3.63, 3.8) is 0 Å². The number of esters is 1. The molecule has 1 heterocycles. The maximum absolute atomic E-state index is 11.7. The average molecular weight is 266 g/mol. The minimum absolute atomic E-state index is 0.0988. The van der Waals surface area contributed by atoms with Gasteiger partial charge in [0.25, 0.3) is 0 Å². The van der Waals surface area contributed by atoms with Gasteiger partial charge in [-0.15, -0.1) is 0 Å². The zero-order valence-electron chi connectivity index (χ0n) is 11.6. The van der Waals surface area contributed by atoms with E-state index in [2.05, 4.69) is 6.58 Å². The first-order valence-corrected chi connectivity index (χ1v) is 7.10. The number of ether oxygens (including phenoxy) is 1. The third kappa shape index (κ3) is 1.50. The highest BCUT2D eigenvalue weighted by Gasteiger charge is 2.64. The molecule has 0 aromatic heterocycles. The van der Waals surface area contributed by atoms with E-state index in [1.807, 2.05) is 13.8 Å². The lowest BCUT2D eigenvalue weighted by Crippen LogP contribution is -2.65. The molecule has 2 aliphatic carbocycles. The molecule has 4 heteroatoms. The van der Waals surface area contributed by atoms with E-state index >= 15 is 0 Å². The van der Waals surface area contributed by atoms with Crippen LogP contribution in [0.15, 0.2) is 12.2 Å². The van der Waals surface area contributed by atoms with Gasteiger partial charge in [-0.25, -0.2) is 4.79 Å². The zero-order chi connectivity index (χ0) is 14.0. The number of aliphatic hydroxyl groups excluding tert-OH is 1. The molecule has 1 aliphatic heterocycles. The lowest BCUT2D eigenvalue weighted by Gasteiger charge is -2.59. The Balaban J connectivity index is 2.01. The summed E-state index contributed by atoms with van der Waals surface area (Å²) < 4.78 is 5.36. The average Bonchev–Trinajstić information content (AvgIpc) is 2.61. The Labute approximate surface area is 113 Å². The Hall–Kier alpha value is -0.870. The summed E-state index contributed by atoms with van der Waals surface area (Å²) in [5.41, 5.74) is -1.06. The van der Waals surface area contributed by atoms with Crippen LogP contribution in [0.5, 0.6) is 0 Å². The summed E-state index contributed by atoms with van der Waals surface area (Å²) in [6, 6.07) is 0. The third-order valence-corrected chi connectivity index (χ3v) is 5.99. The third-order valence-electron chi connectivity index (χ3n) is 5.99. The Kier molecular flexibility index (Phi) is 2.64. The molecule has 2 N–H and O–H groups in total. The van der Waals surface area contributed by atoms with Crippen LogP contribution in [0.1, 0.15) is 39.5 Å². The fourth-order valence-electron chi connectivity index (χ4n) is 4.43. The predicted molar refractivity (Wildman–Crippen MR) is 69.2 cm³/mol. The number of hydrogen-bond acceptors (Lipinski definition) is 4. The maximum Gasteiger partial charge on any atom is 0.334 e. The van der Waals surface area contributed by atoms with Gasteiger partial charge in [0, 0.05) is 16.9 Å². The lowest BCUT2D eigenvalue weighted by molar-refractivity contribution is -0.232. The summed E-state index contributed by atoms with van der Waals surface area (Å²) in [7, 11) is 0. The van der Waals surface area contributed by atoms with Crippen LogP contribution in [0, 0.1) is 17.3 Å². The topological polar surface area (TPSA) is 66.8 Å². The number of fused-ring (bicyclic) bond motifs is 2. The normalized spacial score (nSPS) is 53.5. The molecule has 19 heavy (non-hydrogen) atoms. The maximum atomic E-state index is 11.7.